The summed E-state index contributed by atoms with van der Waals surface area (Å²) >= 11 is 5.04. The molecule has 0 fully saturated rings. The molecule has 5 nitrogen and oxygen atoms in total. The molecule has 6 heteroatoms. The number of ether oxygens (including phenoxy) is 1. The highest BCUT2D eigenvalue weighted by Gasteiger charge is 2.09. The number of hydrazine groups is 1. The van der Waals surface area contributed by atoms with E-state index in [-0.39, 0.29) is 6.73 Å². The molecule has 0 bridgehead atoms. The van der Waals surface area contributed by atoms with Crippen LogP contribution in [0.15, 0.2) is 12.5 Å². The van der Waals surface area contributed by atoms with Crippen molar-refractivity contribution in [2.75, 3.05) is 6.73 Å². The normalized spacial score (nSPS) is 13.7. The van der Waals surface area contributed by atoms with Gasteiger partial charge in [0.05, 0.1) is 0 Å². The standard InChI is InChI=1S/C4H4ClNO2.H4N2/c5-4(7)6-1-2-8-3-6;1-2/h1-2H,3H2;1-2H2. The van der Waals surface area contributed by atoms with E-state index in [0.717, 1.165) is 0 Å². The van der Waals surface area contributed by atoms with Crippen molar-refractivity contribution in [2.24, 2.45) is 11.7 Å². The first-order valence-electron chi connectivity index (χ1n) is 2.38. The zero-order chi connectivity index (χ0) is 7.98. The fraction of sp³-hybridized carbons (Fsp3) is 0.250. The van der Waals surface area contributed by atoms with Crippen LogP contribution in [0.3, 0.4) is 0 Å². The Hall–Kier alpha value is -0.780. The molecule has 58 valence electrons. The van der Waals surface area contributed by atoms with Crippen LogP contribution in [0.25, 0.3) is 0 Å². The Morgan fingerprint density at radius 1 is 1.70 bits per heavy atom. The molecule has 0 saturated carbocycles. The summed E-state index contributed by atoms with van der Waals surface area (Å²) in [4.78, 5) is 11.5. The predicted octanol–water partition coefficient (Wildman–Crippen LogP) is -0.0751. The number of hydrogen-bond donors (Lipinski definition) is 2. The van der Waals surface area contributed by atoms with Gasteiger partial charge in [-0.2, -0.15) is 0 Å². The third-order valence-corrected chi connectivity index (χ3v) is 0.994. The van der Waals surface area contributed by atoms with E-state index in [1.807, 2.05) is 0 Å². The SMILES string of the molecule is NN.O=C(Cl)N1C=COC1. The van der Waals surface area contributed by atoms with Gasteiger partial charge in [-0.3, -0.25) is 21.4 Å². The molecule has 0 saturated heterocycles. The van der Waals surface area contributed by atoms with E-state index >= 15 is 0 Å². The average Bonchev–Trinajstić information content (AvgIpc) is 2.42. The Morgan fingerprint density at radius 2 is 2.30 bits per heavy atom. The highest BCUT2D eigenvalue weighted by Crippen LogP contribution is 2.03. The fourth-order valence-corrected chi connectivity index (χ4v) is 0.497. The number of carbonyl (C=O) groups excluding carboxylic acids is 1. The molecule has 0 radical (unpaired) electrons. The van der Waals surface area contributed by atoms with E-state index in [0.29, 0.717) is 0 Å². The van der Waals surface area contributed by atoms with E-state index in [1.165, 1.54) is 17.4 Å². The van der Waals surface area contributed by atoms with E-state index in [4.69, 9.17) is 11.6 Å². The van der Waals surface area contributed by atoms with Gasteiger partial charge in [-0.25, -0.2) is 0 Å². The predicted molar refractivity (Wildman–Crippen MR) is 36.6 cm³/mol. The van der Waals surface area contributed by atoms with Crippen LogP contribution in [0.2, 0.25) is 0 Å². The molecule has 0 aromatic heterocycles. The molecule has 0 aromatic rings. The molecule has 0 unspecified atom stereocenters. The maximum absolute atomic E-state index is 10.2. The van der Waals surface area contributed by atoms with Gasteiger partial charge in [0, 0.05) is 6.20 Å². The first-order chi connectivity index (χ1) is 4.80. The summed E-state index contributed by atoms with van der Waals surface area (Å²) in [5.74, 6) is 8.00. The Kier molecular flexibility index (Phi) is 4.65. The minimum atomic E-state index is -0.515. The van der Waals surface area contributed by atoms with Crippen molar-refractivity contribution in [2.45, 2.75) is 0 Å². The molecule has 1 aliphatic rings. The molecule has 0 aromatic carbocycles. The number of nitrogens with two attached hydrogens (primary N) is 2. The summed E-state index contributed by atoms with van der Waals surface area (Å²) in [5, 5.41) is -0.515. The number of hydrogen-bond acceptors (Lipinski definition) is 4. The van der Waals surface area contributed by atoms with Gasteiger partial charge in [0.2, 0.25) is 0 Å². The van der Waals surface area contributed by atoms with E-state index in [9.17, 15) is 4.79 Å². The topological polar surface area (TPSA) is 81.6 Å². The number of halogens is 1. The molecule has 1 heterocycles. The Balaban J connectivity index is 0.000000371. The summed E-state index contributed by atoms with van der Waals surface area (Å²) in [6, 6.07) is 0. The second kappa shape index (κ2) is 5.04. The number of carbonyl (C=O) groups is 1. The first-order valence-corrected chi connectivity index (χ1v) is 2.76. The smallest absolute Gasteiger partial charge is 0.323 e. The first kappa shape index (κ1) is 9.22. The molecule has 1 rings (SSSR count). The second-order valence-electron chi connectivity index (χ2n) is 1.30. The van der Waals surface area contributed by atoms with Gasteiger partial charge in [0.25, 0.3) is 0 Å². The van der Waals surface area contributed by atoms with E-state index < -0.39 is 5.37 Å². The van der Waals surface area contributed by atoms with Crippen molar-refractivity contribution in [3.8, 4) is 0 Å². The molecule has 4 N–H and O–H groups in total. The monoisotopic (exact) mass is 165 g/mol. The van der Waals surface area contributed by atoms with Gasteiger partial charge < -0.3 is 4.74 Å². The van der Waals surface area contributed by atoms with Crippen LogP contribution < -0.4 is 11.7 Å². The van der Waals surface area contributed by atoms with Gasteiger partial charge in [-0.05, 0) is 11.6 Å². The highest BCUT2D eigenvalue weighted by molar-refractivity contribution is 6.62. The highest BCUT2D eigenvalue weighted by atomic mass is 35.5. The lowest BCUT2D eigenvalue weighted by atomic mass is 10.8. The fourth-order valence-electron chi connectivity index (χ4n) is 0.392. The summed E-state index contributed by atoms with van der Waals surface area (Å²) in [6.07, 6.45) is 2.90. The average molecular weight is 166 g/mol. The maximum atomic E-state index is 10.2. The lowest BCUT2D eigenvalue weighted by Gasteiger charge is -2.03. The van der Waals surface area contributed by atoms with Crippen molar-refractivity contribution in [3.05, 3.63) is 12.5 Å². The summed E-state index contributed by atoms with van der Waals surface area (Å²) in [5.41, 5.74) is 0. The Labute approximate surface area is 63.1 Å². The number of amides is 1. The minimum absolute atomic E-state index is 0.238. The van der Waals surface area contributed by atoms with E-state index in [1.54, 1.807) is 0 Å². The summed E-state index contributed by atoms with van der Waals surface area (Å²) in [6.45, 7) is 0.238. The molecule has 10 heavy (non-hydrogen) atoms. The molecule has 1 amide bonds. The molecule has 0 aliphatic carbocycles. The van der Waals surface area contributed by atoms with Crippen LogP contribution >= 0.6 is 11.6 Å². The third kappa shape index (κ3) is 2.67. The summed E-state index contributed by atoms with van der Waals surface area (Å²) in [7, 11) is 0. The van der Waals surface area contributed by atoms with Crippen molar-refractivity contribution >= 4 is 17.0 Å². The van der Waals surface area contributed by atoms with Crippen LogP contribution in [0.4, 0.5) is 4.79 Å². The van der Waals surface area contributed by atoms with Crippen molar-refractivity contribution < 1.29 is 9.53 Å². The zero-order valence-corrected chi connectivity index (χ0v) is 5.91. The lowest BCUT2D eigenvalue weighted by molar-refractivity contribution is 0.181. The van der Waals surface area contributed by atoms with Gasteiger partial charge in [0.15, 0.2) is 6.73 Å². The van der Waals surface area contributed by atoms with E-state index in [2.05, 4.69) is 16.4 Å². The molecule has 1 aliphatic heterocycles. The largest absolute Gasteiger partial charge is 0.479 e. The van der Waals surface area contributed by atoms with Gasteiger partial charge >= 0.3 is 5.37 Å². The van der Waals surface area contributed by atoms with Gasteiger partial charge in [-0.1, -0.05) is 0 Å². The Morgan fingerprint density at radius 3 is 2.50 bits per heavy atom. The quantitative estimate of drug-likeness (QED) is 0.228. The van der Waals surface area contributed by atoms with Crippen molar-refractivity contribution in [1.82, 2.24) is 4.90 Å². The van der Waals surface area contributed by atoms with Gasteiger partial charge in [-0.15, -0.1) is 0 Å². The number of rotatable bonds is 0. The van der Waals surface area contributed by atoms with Crippen LogP contribution in [0.1, 0.15) is 0 Å². The molecular formula is C4H8ClN3O2. The van der Waals surface area contributed by atoms with Crippen LogP contribution in [0, 0.1) is 0 Å². The van der Waals surface area contributed by atoms with Crippen LogP contribution in [0.5, 0.6) is 0 Å². The van der Waals surface area contributed by atoms with Crippen molar-refractivity contribution in [3.63, 3.8) is 0 Å². The van der Waals surface area contributed by atoms with Crippen LogP contribution in [-0.2, 0) is 4.74 Å². The zero-order valence-electron chi connectivity index (χ0n) is 5.16. The van der Waals surface area contributed by atoms with Gasteiger partial charge in [0.1, 0.15) is 6.26 Å². The second-order valence-corrected chi connectivity index (χ2v) is 1.63. The Bertz CT molecular complexity index is 138. The number of nitrogens with zero attached hydrogens (tertiary/aromatic N) is 1. The molecule has 0 atom stereocenters. The summed E-state index contributed by atoms with van der Waals surface area (Å²) < 4.78 is 4.66. The molecular weight excluding hydrogens is 158 g/mol. The maximum Gasteiger partial charge on any atom is 0.323 e. The third-order valence-electron chi connectivity index (χ3n) is 0.776. The molecule has 0 spiro atoms. The lowest BCUT2D eigenvalue weighted by Crippen LogP contribution is -2.16. The minimum Gasteiger partial charge on any atom is -0.479 e. The van der Waals surface area contributed by atoms with Crippen LogP contribution in [-0.4, -0.2) is 17.0 Å². The van der Waals surface area contributed by atoms with Crippen molar-refractivity contribution in [1.29, 1.82) is 0 Å².